The first-order chi connectivity index (χ1) is 10.8. The van der Waals surface area contributed by atoms with Crippen LogP contribution in [-0.2, 0) is 9.59 Å². The van der Waals surface area contributed by atoms with Crippen LogP contribution < -0.4 is 10.1 Å². The zero-order valence-corrected chi connectivity index (χ0v) is 12.9. The smallest absolute Gasteiger partial charge is 0.243 e. The summed E-state index contributed by atoms with van der Waals surface area (Å²) in [5.74, 6) is -0.0539. The van der Waals surface area contributed by atoms with Crippen molar-refractivity contribution < 1.29 is 19.4 Å². The highest BCUT2D eigenvalue weighted by Crippen LogP contribution is 2.43. The van der Waals surface area contributed by atoms with Crippen LogP contribution in [0.3, 0.4) is 0 Å². The van der Waals surface area contributed by atoms with Crippen molar-refractivity contribution in [3.8, 4) is 11.8 Å². The van der Waals surface area contributed by atoms with Gasteiger partial charge in [0.15, 0.2) is 0 Å². The van der Waals surface area contributed by atoms with Crippen molar-refractivity contribution in [2.24, 2.45) is 0 Å². The molecule has 0 spiro atoms. The number of fused-ring (bicyclic) bond motifs is 1. The number of aliphatic hydroxyl groups excluding tert-OH is 1. The SMILES string of the molecule is CC1(C)Oc2ccc(C#N)cc2[C@@H](N2CC(=O)NCC2=O)[C@@H]1O. The summed E-state index contributed by atoms with van der Waals surface area (Å²) in [6.45, 7) is 3.21. The molecule has 1 saturated heterocycles. The molecule has 1 aromatic carbocycles. The first-order valence-corrected chi connectivity index (χ1v) is 7.31. The van der Waals surface area contributed by atoms with Crippen molar-refractivity contribution in [3.63, 3.8) is 0 Å². The summed E-state index contributed by atoms with van der Waals surface area (Å²) in [5.41, 5.74) is 0.0112. The van der Waals surface area contributed by atoms with Crippen LogP contribution in [0.2, 0.25) is 0 Å². The second kappa shape index (κ2) is 5.25. The molecule has 1 fully saturated rings. The molecule has 0 aromatic heterocycles. The van der Waals surface area contributed by atoms with Gasteiger partial charge in [-0.15, -0.1) is 0 Å². The molecule has 3 rings (SSSR count). The molecule has 2 atom stereocenters. The monoisotopic (exact) mass is 315 g/mol. The first-order valence-electron chi connectivity index (χ1n) is 7.31. The molecular formula is C16H17N3O4. The Kier molecular flexibility index (Phi) is 3.49. The van der Waals surface area contributed by atoms with Crippen LogP contribution in [0.5, 0.6) is 5.75 Å². The number of amides is 2. The van der Waals surface area contributed by atoms with E-state index in [1.54, 1.807) is 32.0 Å². The van der Waals surface area contributed by atoms with Gasteiger partial charge in [-0.2, -0.15) is 5.26 Å². The van der Waals surface area contributed by atoms with E-state index in [9.17, 15) is 14.7 Å². The van der Waals surface area contributed by atoms with Crippen molar-refractivity contribution in [1.82, 2.24) is 10.2 Å². The first kappa shape index (κ1) is 15.3. The molecule has 0 unspecified atom stereocenters. The number of hydrogen-bond acceptors (Lipinski definition) is 5. The van der Waals surface area contributed by atoms with Crippen LogP contribution in [0, 0.1) is 11.3 Å². The summed E-state index contributed by atoms with van der Waals surface area (Å²) in [4.78, 5) is 25.3. The predicted molar refractivity (Wildman–Crippen MR) is 79.3 cm³/mol. The minimum Gasteiger partial charge on any atom is -0.485 e. The van der Waals surface area contributed by atoms with Crippen LogP contribution in [0.1, 0.15) is 31.0 Å². The van der Waals surface area contributed by atoms with Gasteiger partial charge in [0.2, 0.25) is 11.8 Å². The Balaban J connectivity index is 2.12. The molecular weight excluding hydrogens is 298 g/mol. The average molecular weight is 315 g/mol. The Labute approximate surface area is 133 Å². The zero-order valence-electron chi connectivity index (χ0n) is 12.9. The maximum atomic E-state index is 12.3. The van der Waals surface area contributed by atoms with Gasteiger partial charge in [0.1, 0.15) is 24.0 Å². The third-order valence-corrected chi connectivity index (χ3v) is 4.25. The van der Waals surface area contributed by atoms with Gasteiger partial charge in [-0.3, -0.25) is 9.59 Å². The van der Waals surface area contributed by atoms with Crippen LogP contribution in [0.4, 0.5) is 0 Å². The van der Waals surface area contributed by atoms with E-state index in [1.165, 1.54) is 4.90 Å². The van der Waals surface area contributed by atoms with E-state index in [4.69, 9.17) is 10.00 Å². The third kappa shape index (κ3) is 2.51. The van der Waals surface area contributed by atoms with Gasteiger partial charge in [0, 0.05) is 5.56 Å². The molecule has 2 aliphatic heterocycles. The number of rotatable bonds is 1. The van der Waals surface area contributed by atoms with Crippen LogP contribution in [-0.4, -0.2) is 46.6 Å². The summed E-state index contributed by atoms with van der Waals surface area (Å²) in [7, 11) is 0. The maximum absolute atomic E-state index is 12.3. The van der Waals surface area contributed by atoms with E-state index >= 15 is 0 Å². The average Bonchev–Trinajstić information content (AvgIpc) is 2.51. The molecule has 23 heavy (non-hydrogen) atoms. The zero-order chi connectivity index (χ0) is 16.8. The van der Waals surface area contributed by atoms with Gasteiger partial charge in [-0.25, -0.2) is 0 Å². The van der Waals surface area contributed by atoms with Gasteiger partial charge in [0.25, 0.3) is 0 Å². The molecule has 2 N–H and O–H groups in total. The highest BCUT2D eigenvalue weighted by atomic mass is 16.5. The normalized spacial score (nSPS) is 25.9. The number of carbonyl (C=O) groups excluding carboxylic acids is 2. The second-order valence-electron chi connectivity index (χ2n) is 6.26. The fourth-order valence-electron chi connectivity index (χ4n) is 3.00. The van der Waals surface area contributed by atoms with Crippen molar-refractivity contribution in [1.29, 1.82) is 5.26 Å². The van der Waals surface area contributed by atoms with E-state index in [-0.39, 0.29) is 24.9 Å². The van der Waals surface area contributed by atoms with E-state index in [0.717, 1.165) is 0 Å². The minimum atomic E-state index is -1.03. The molecule has 2 heterocycles. The highest BCUT2D eigenvalue weighted by molar-refractivity contribution is 5.92. The van der Waals surface area contributed by atoms with E-state index in [2.05, 4.69) is 5.32 Å². The van der Waals surface area contributed by atoms with Gasteiger partial charge in [-0.05, 0) is 32.0 Å². The number of ether oxygens (including phenoxy) is 1. The quantitative estimate of drug-likeness (QED) is 0.764. The summed E-state index contributed by atoms with van der Waals surface area (Å²) < 4.78 is 5.82. The third-order valence-electron chi connectivity index (χ3n) is 4.25. The number of hydrogen-bond donors (Lipinski definition) is 2. The molecule has 7 heteroatoms. The predicted octanol–water partition coefficient (Wildman–Crippen LogP) is 0.0897. The van der Waals surface area contributed by atoms with Crippen molar-refractivity contribution >= 4 is 11.8 Å². The number of aliphatic hydroxyl groups is 1. The molecule has 1 aromatic rings. The van der Waals surface area contributed by atoms with Gasteiger partial charge >= 0.3 is 0 Å². The maximum Gasteiger partial charge on any atom is 0.243 e. The number of nitriles is 1. The Morgan fingerprint density at radius 1 is 1.43 bits per heavy atom. The Morgan fingerprint density at radius 2 is 2.17 bits per heavy atom. The topological polar surface area (TPSA) is 103 Å². The fourth-order valence-corrected chi connectivity index (χ4v) is 3.00. The second-order valence-corrected chi connectivity index (χ2v) is 6.26. The largest absolute Gasteiger partial charge is 0.485 e. The summed E-state index contributed by atoms with van der Waals surface area (Å²) in [5, 5.41) is 22.3. The molecule has 0 bridgehead atoms. The van der Waals surface area contributed by atoms with Gasteiger partial charge < -0.3 is 20.1 Å². The van der Waals surface area contributed by atoms with Crippen LogP contribution in [0.25, 0.3) is 0 Å². The molecule has 0 aliphatic carbocycles. The molecule has 120 valence electrons. The van der Waals surface area contributed by atoms with E-state index < -0.39 is 17.7 Å². The molecule has 2 aliphatic rings. The number of piperazine rings is 1. The lowest BCUT2D eigenvalue weighted by atomic mass is 9.84. The lowest BCUT2D eigenvalue weighted by Gasteiger charge is -2.46. The van der Waals surface area contributed by atoms with Crippen molar-refractivity contribution in [3.05, 3.63) is 29.3 Å². The molecule has 0 saturated carbocycles. The standard InChI is InChI=1S/C16H17N3O4/c1-16(2)15(22)14(19-8-12(20)18-7-13(19)21)10-5-9(6-17)3-4-11(10)23-16/h3-5,14-15,22H,7-8H2,1-2H3,(H,18,20)/t14-,15+/m1/s1. The fraction of sp³-hybridized carbons (Fsp3) is 0.438. The van der Waals surface area contributed by atoms with Crippen molar-refractivity contribution in [2.75, 3.05) is 13.1 Å². The number of nitrogens with one attached hydrogen (secondary N) is 1. The minimum absolute atomic E-state index is 0.101. The van der Waals surface area contributed by atoms with Gasteiger partial charge in [0.05, 0.1) is 24.2 Å². The summed E-state index contributed by atoms with van der Waals surface area (Å²) in [6.07, 6.45) is -1.03. The Morgan fingerprint density at radius 3 is 2.87 bits per heavy atom. The summed E-state index contributed by atoms with van der Waals surface area (Å²) in [6, 6.07) is 6.17. The lowest BCUT2D eigenvalue weighted by Crippen LogP contribution is -2.59. The van der Waals surface area contributed by atoms with E-state index in [0.29, 0.717) is 16.9 Å². The van der Waals surface area contributed by atoms with E-state index in [1.807, 2.05) is 6.07 Å². The molecule has 0 radical (unpaired) electrons. The Bertz CT molecular complexity index is 723. The molecule has 7 nitrogen and oxygen atoms in total. The van der Waals surface area contributed by atoms with Crippen LogP contribution >= 0.6 is 0 Å². The van der Waals surface area contributed by atoms with Crippen molar-refractivity contribution in [2.45, 2.75) is 31.6 Å². The number of benzene rings is 1. The van der Waals surface area contributed by atoms with Crippen LogP contribution in [0.15, 0.2) is 18.2 Å². The highest BCUT2D eigenvalue weighted by Gasteiger charge is 2.47. The Hall–Kier alpha value is -2.59. The van der Waals surface area contributed by atoms with Gasteiger partial charge in [-0.1, -0.05) is 0 Å². The number of nitrogens with zero attached hydrogens (tertiary/aromatic N) is 2. The lowest BCUT2D eigenvalue weighted by molar-refractivity contribution is -0.152. The number of carbonyl (C=O) groups is 2. The summed E-state index contributed by atoms with van der Waals surface area (Å²) >= 11 is 0. The molecule has 2 amide bonds.